The second kappa shape index (κ2) is 7.11. The van der Waals surface area contributed by atoms with Crippen molar-refractivity contribution in [3.8, 4) is 0 Å². The number of benzene rings is 2. The lowest BCUT2D eigenvalue weighted by molar-refractivity contribution is 0.0951. The molecule has 1 saturated heterocycles. The summed E-state index contributed by atoms with van der Waals surface area (Å²) < 4.78 is 0.518. The van der Waals surface area contributed by atoms with Crippen molar-refractivity contribution in [3.63, 3.8) is 0 Å². The zero-order valence-corrected chi connectivity index (χ0v) is 14.0. The number of para-hydroxylation sites is 1. The largest absolute Gasteiger partial charge is 0.288 e. The first-order chi connectivity index (χ1) is 10.7. The highest BCUT2D eigenvalue weighted by molar-refractivity contribution is 8.19. The number of hydrogen-bond donors (Lipinski definition) is 1. The molecule has 114 valence electrons. The molecule has 2 aromatic rings. The molecule has 1 aliphatic rings. The van der Waals surface area contributed by atoms with E-state index in [9.17, 15) is 4.79 Å². The van der Waals surface area contributed by atoms with Crippen LogP contribution in [0.5, 0.6) is 0 Å². The number of anilines is 1. The van der Waals surface area contributed by atoms with Gasteiger partial charge in [0.25, 0.3) is 5.91 Å². The molecule has 0 spiro atoms. The van der Waals surface area contributed by atoms with Gasteiger partial charge in [-0.2, -0.15) is 0 Å². The fourth-order valence-corrected chi connectivity index (χ4v) is 5.13. The highest BCUT2D eigenvalue weighted by atomic mass is 32.2. The number of nitrogens with zero attached hydrogens (tertiary/aromatic N) is 1. The number of hydrazine groups is 1. The Morgan fingerprint density at radius 3 is 2.32 bits per heavy atom. The molecule has 2 aromatic carbocycles. The van der Waals surface area contributed by atoms with Gasteiger partial charge in [-0.15, -0.1) is 23.5 Å². The minimum Gasteiger partial charge on any atom is -0.288 e. The molecule has 0 aromatic heterocycles. The zero-order valence-electron chi connectivity index (χ0n) is 12.4. The van der Waals surface area contributed by atoms with Crippen molar-refractivity contribution in [1.29, 1.82) is 0 Å². The van der Waals surface area contributed by atoms with Crippen LogP contribution in [-0.2, 0) is 0 Å². The van der Waals surface area contributed by atoms with E-state index in [4.69, 9.17) is 0 Å². The summed E-state index contributed by atoms with van der Waals surface area (Å²) in [6.07, 6.45) is 0. The number of thioether (sulfide) groups is 2. The quantitative estimate of drug-likeness (QED) is 0.861. The molecule has 22 heavy (non-hydrogen) atoms. The van der Waals surface area contributed by atoms with Crippen molar-refractivity contribution in [3.05, 3.63) is 65.7 Å². The van der Waals surface area contributed by atoms with Crippen molar-refractivity contribution in [2.75, 3.05) is 23.6 Å². The van der Waals surface area contributed by atoms with E-state index in [1.54, 1.807) is 5.01 Å². The molecule has 0 atom stereocenters. The molecule has 0 aliphatic carbocycles. The molecule has 5 heteroatoms. The summed E-state index contributed by atoms with van der Waals surface area (Å²) in [5.41, 5.74) is 5.81. The molecule has 1 amide bonds. The number of hydrogen-bond acceptors (Lipinski definition) is 4. The Morgan fingerprint density at radius 2 is 1.68 bits per heavy atom. The number of amides is 1. The van der Waals surface area contributed by atoms with Crippen LogP contribution in [0.2, 0.25) is 0 Å². The summed E-state index contributed by atoms with van der Waals surface area (Å²) in [5.74, 6) is 2.32. The van der Waals surface area contributed by atoms with Crippen LogP contribution in [-0.4, -0.2) is 24.5 Å². The van der Waals surface area contributed by atoms with Gasteiger partial charge in [0.15, 0.2) is 0 Å². The Balaban J connectivity index is 1.64. The van der Waals surface area contributed by atoms with Crippen LogP contribution in [0.15, 0.2) is 54.6 Å². The average molecular weight is 330 g/mol. The fourth-order valence-electron chi connectivity index (χ4n) is 2.28. The molecule has 3 rings (SSSR count). The van der Waals surface area contributed by atoms with E-state index < -0.39 is 0 Å². The maximum absolute atomic E-state index is 12.3. The van der Waals surface area contributed by atoms with Gasteiger partial charge in [-0.3, -0.25) is 15.2 Å². The number of carbonyl (C=O) groups is 1. The van der Waals surface area contributed by atoms with Crippen LogP contribution in [0, 0.1) is 0 Å². The smallest absolute Gasteiger partial charge is 0.269 e. The van der Waals surface area contributed by atoms with Gasteiger partial charge < -0.3 is 0 Å². The van der Waals surface area contributed by atoms with Gasteiger partial charge >= 0.3 is 0 Å². The van der Waals surface area contributed by atoms with Crippen LogP contribution < -0.4 is 10.4 Å². The standard InChI is InChI=1S/C17H18N2OS2/c1-19(15-5-3-2-4-6-15)18-16(20)13-7-9-14(10-8-13)17-21-11-12-22-17/h2-10,17H,11-12H2,1H3,(H,18,20). The van der Waals surface area contributed by atoms with Gasteiger partial charge in [0, 0.05) is 24.1 Å². The second-order valence-electron chi connectivity index (χ2n) is 5.03. The number of rotatable bonds is 4. The first-order valence-electron chi connectivity index (χ1n) is 7.17. The summed E-state index contributed by atoms with van der Waals surface area (Å²) >= 11 is 3.94. The maximum atomic E-state index is 12.3. The molecule has 0 saturated carbocycles. The predicted octanol–water partition coefficient (Wildman–Crippen LogP) is 3.95. The van der Waals surface area contributed by atoms with E-state index in [0.29, 0.717) is 10.1 Å². The minimum atomic E-state index is -0.0929. The summed E-state index contributed by atoms with van der Waals surface area (Å²) in [4.78, 5) is 12.3. The second-order valence-corrected chi connectivity index (χ2v) is 7.76. The van der Waals surface area contributed by atoms with E-state index in [0.717, 1.165) is 5.69 Å². The lowest BCUT2D eigenvalue weighted by atomic mass is 10.1. The molecule has 1 fully saturated rings. The summed E-state index contributed by atoms with van der Waals surface area (Å²) in [5, 5.41) is 1.74. The lowest BCUT2D eigenvalue weighted by Gasteiger charge is -2.20. The van der Waals surface area contributed by atoms with Gasteiger partial charge in [-0.05, 0) is 29.8 Å². The van der Waals surface area contributed by atoms with Crippen LogP contribution in [0.1, 0.15) is 20.5 Å². The Morgan fingerprint density at radius 1 is 1.05 bits per heavy atom. The molecular formula is C17H18N2OS2. The predicted molar refractivity (Wildman–Crippen MR) is 96.4 cm³/mol. The highest BCUT2D eigenvalue weighted by Crippen LogP contribution is 2.45. The Labute approximate surface area is 139 Å². The first-order valence-corrected chi connectivity index (χ1v) is 9.27. The monoisotopic (exact) mass is 330 g/mol. The van der Waals surface area contributed by atoms with Crippen LogP contribution in [0.4, 0.5) is 5.69 Å². The number of nitrogens with one attached hydrogen (secondary N) is 1. The van der Waals surface area contributed by atoms with E-state index in [1.165, 1.54) is 17.1 Å². The SMILES string of the molecule is CN(NC(=O)c1ccc(C2SCCS2)cc1)c1ccccc1. The van der Waals surface area contributed by atoms with Gasteiger partial charge in [-0.1, -0.05) is 30.3 Å². The van der Waals surface area contributed by atoms with Gasteiger partial charge in [0.2, 0.25) is 0 Å². The zero-order chi connectivity index (χ0) is 15.4. The Hall–Kier alpha value is -1.59. The van der Waals surface area contributed by atoms with Crippen LogP contribution >= 0.6 is 23.5 Å². The highest BCUT2D eigenvalue weighted by Gasteiger charge is 2.18. The molecular weight excluding hydrogens is 312 g/mol. The fraction of sp³-hybridized carbons (Fsp3) is 0.235. The van der Waals surface area contributed by atoms with Gasteiger partial charge in [0.05, 0.1) is 10.3 Å². The summed E-state index contributed by atoms with van der Waals surface area (Å²) in [6, 6.07) is 17.7. The van der Waals surface area contributed by atoms with Crippen molar-refractivity contribution in [1.82, 2.24) is 5.43 Å². The first kappa shape index (κ1) is 15.3. The average Bonchev–Trinajstić information content (AvgIpc) is 3.10. The van der Waals surface area contributed by atoms with Crippen molar-refractivity contribution >= 4 is 35.1 Å². The molecule has 1 heterocycles. The van der Waals surface area contributed by atoms with E-state index in [-0.39, 0.29) is 5.91 Å². The molecule has 0 bridgehead atoms. The number of carbonyl (C=O) groups excluding carboxylic acids is 1. The van der Waals surface area contributed by atoms with Crippen LogP contribution in [0.25, 0.3) is 0 Å². The van der Waals surface area contributed by atoms with E-state index in [2.05, 4.69) is 17.6 Å². The van der Waals surface area contributed by atoms with Crippen molar-refractivity contribution < 1.29 is 4.79 Å². The third-order valence-electron chi connectivity index (χ3n) is 3.48. The Bertz CT molecular complexity index is 625. The normalized spacial score (nSPS) is 14.8. The molecule has 1 N–H and O–H groups in total. The third kappa shape index (κ3) is 3.59. The Kier molecular flexibility index (Phi) is 4.95. The van der Waals surface area contributed by atoms with Crippen molar-refractivity contribution in [2.24, 2.45) is 0 Å². The molecule has 1 aliphatic heterocycles. The summed E-state index contributed by atoms with van der Waals surface area (Å²) in [6.45, 7) is 0. The summed E-state index contributed by atoms with van der Waals surface area (Å²) in [7, 11) is 1.84. The minimum absolute atomic E-state index is 0.0929. The van der Waals surface area contributed by atoms with Gasteiger partial charge in [0.1, 0.15) is 0 Å². The van der Waals surface area contributed by atoms with E-state index in [1.807, 2.05) is 73.0 Å². The van der Waals surface area contributed by atoms with Gasteiger partial charge in [-0.25, -0.2) is 0 Å². The van der Waals surface area contributed by atoms with E-state index >= 15 is 0 Å². The molecule has 3 nitrogen and oxygen atoms in total. The topological polar surface area (TPSA) is 32.3 Å². The lowest BCUT2D eigenvalue weighted by Crippen LogP contribution is -2.39. The molecule has 0 unspecified atom stereocenters. The van der Waals surface area contributed by atoms with Crippen LogP contribution in [0.3, 0.4) is 0 Å². The van der Waals surface area contributed by atoms with Crippen molar-refractivity contribution in [2.45, 2.75) is 4.58 Å². The maximum Gasteiger partial charge on any atom is 0.269 e. The molecule has 0 radical (unpaired) electrons. The third-order valence-corrected chi connectivity index (χ3v) is 6.58.